The minimum Gasteiger partial charge on any atom is -0.359 e. The summed E-state index contributed by atoms with van der Waals surface area (Å²) in [5.41, 5.74) is 1.16. The molecule has 0 radical (unpaired) electrons. The molecule has 1 amide bonds. The van der Waals surface area contributed by atoms with Crippen molar-refractivity contribution in [1.82, 2.24) is 15.0 Å². The molecule has 3 heterocycles. The van der Waals surface area contributed by atoms with Gasteiger partial charge in [-0.25, -0.2) is 4.98 Å². The van der Waals surface area contributed by atoms with E-state index in [1.54, 1.807) is 11.0 Å². The number of nitrogens with zero attached hydrogens (tertiary/aromatic N) is 3. The smallest absolute Gasteiger partial charge is 0.256 e. The van der Waals surface area contributed by atoms with E-state index in [-0.39, 0.29) is 22.1 Å². The molecule has 1 saturated heterocycles. The molecule has 2 aromatic heterocycles. The van der Waals surface area contributed by atoms with E-state index < -0.39 is 0 Å². The van der Waals surface area contributed by atoms with E-state index in [1.165, 1.54) is 6.20 Å². The van der Waals surface area contributed by atoms with Crippen molar-refractivity contribution in [2.75, 3.05) is 6.54 Å². The van der Waals surface area contributed by atoms with Gasteiger partial charge in [0.2, 0.25) is 0 Å². The summed E-state index contributed by atoms with van der Waals surface area (Å²) in [5.74, 6) is 0.537. The van der Waals surface area contributed by atoms with Crippen LogP contribution in [0.1, 0.15) is 40.7 Å². The first-order valence-electron chi connectivity index (χ1n) is 6.62. The minimum atomic E-state index is -0.166. The molecule has 2 aromatic rings. The van der Waals surface area contributed by atoms with Gasteiger partial charge in [-0.2, -0.15) is 0 Å². The lowest BCUT2D eigenvalue weighted by atomic mass is 10.1. The van der Waals surface area contributed by atoms with E-state index in [0.29, 0.717) is 17.9 Å². The fraction of sp³-hybridized carbons (Fsp3) is 0.357. The summed E-state index contributed by atoms with van der Waals surface area (Å²) < 4.78 is 5.30. The molecule has 5 nitrogen and oxygen atoms in total. The van der Waals surface area contributed by atoms with Crippen molar-refractivity contribution < 1.29 is 9.32 Å². The lowest BCUT2D eigenvalue weighted by Crippen LogP contribution is -2.30. The second-order valence-corrected chi connectivity index (χ2v) is 5.73. The Labute approximate surface area is 131 Å². The molecule has 1 atom stereocenters. The number of hydrogen-bond acceptors (Lipinski definition) is 4. The molecule has 7 heteroatoms. The van der Waals surface area contributed by atoms with Crippen LogP contribution in [0.25, 0.3) is 0 Å². The van der Waals surface area contributed by atoms with Gasteiger partial charge in [0.05, 0.1) is 22.3 Å². The summed E-state index contributed by atoms with van der Waals surface area (Å²) in [6, 6.07) is 3.33. The highest BCUT2D eigenvalue weighted by molar-refractivity contribution is 6.43. The number of halogens is 2. The SMILES string of the molecule is Cc1cc([C@H]2CCCN2C(=O)c2ccnc(Cl)c2Cl)on1. The first-order chi connectivity index (χ1) is 10.1. The maximum Gasteiger partial charge on any atom is 0.256 e. The van der Waals surface area contributed by atoms with Crippen LogP contribution in [0.2, 0.25) is 10.2 Å². The summed E-state index contributed by atoms with van der Waals surface area (Å²) in [5, 5.41) is 4.21. The Bertz CT molecular complexity index is 687. The topological polar surface area (TPSA) is 59.2 Å². The molecule has 0 bridgehead atoms. The van der Waals surface area contributed by atoms with Gasteiger partial charge >= 0.3 is 0 Å². The molecule has 110 valence electrons. The zero-order valence-electron chi connectivity index (χ0n) is 11.3. The van der Waals surface area contributed by atoms with Crippen molar-refractivity contribution >= 4 is 29.1 Å². The monoisotopic (exact) mass is 325 g/mol. The summed E-state index contributed by atoms with van der Waals surface area (Å²) in [6.45, 7) is 2.51. The predicted molar refractivity (Wildman–Crippen MR) is 78.5 cm³/mol. The molecule has 21 heavy (non-hydrogen) atoms. The number of aromatic nitrogens is 2. The number of hydrogen-bond donors (Lipinski definition) is 0. The van der Waals surface area contributed by atoms with Crippen LogP contribution in [-0.4, -0.2) is 27.5 Å². The van der Waals surface area contributed by atoms with Crippen LogP contribution < -0.4 is 0 Å². The third kappa shape index (κ3) is 2.63. The van der Waals surface area contributed by atoms with Crippen LogP contribution in [0, 0.1) is 6.92 Å². The summed E-state index contributed by atoms with van der Waals surface area (Å²) in [7, 11) is 0. The van der Waals surface area contributed by atoms with Gasteiger partial charge in [0.15, 0.2) is 5.76 Å². The standard InChI is InChI=1S/C14H13Cl2N3O2/c1-8-7-11(21-18-8)10-3-2-6-19(10)14(20)9-4-5-17-13(16)12(9)15/h4-5,7,10H,2-3,6H2,1H3/t10-/m1/s1. The Morgan fingerprint density at radius 2 is 2.29 bits per heavy atom. The van der Waals surface area contributed by atoms with Crippen molar-refractivity contribution in [3.05, 3.63) is 45.5 Å². The average molecular weight is 326 g/mol. The highest BCUT2D eigenvalue weighted by Crippen LogP contribution is 2.35. The van der Waals surface area contributed by atoms with Crippen LogP contribution in [0.4, 0.5) is 0 Å². The predicted octanol–water partition coefficient (Wildman–Crippen LogP) is 3.66. The quantitative estimate of drug-likeness (QED) is 0.790. The fourth-order valence-corrected chi connectivity index (χ4v) is 2.93. The van der Waals surface area contributed by atoms with Gasteiger partial charge in [0, 0.05) is 18.8 Å². The molecule has 3 rings (SSSR count). The molecular formula is C14H13Cl2N3O2. The number of amides is 1. The summed E-state index contributed by atoms with van der Waals surface area (Å²) in [4.78, 5) is 18.3. The van der Waals surface area contributed by atoms with Gasteiger partial charge in [-0.1, -0.05) is 28.4 Å². The second-order valence-electron chi connectivity index (χ2n) is 4.99. The largest absolute Gasteiger partial charge is 0.359 e. The Balaban J connectivity index is 1.91. The van der Waals surface area contributed by atoms with Crippen molar-refractivity contribution in [3.63, 3.8) is 0 Å². The Morgan fingerprint density at radius 3 is 3.00 bits per heavy atom. The van der Waals surface area contributed by atoms with Crippen molar-refractivity contribution in [1.29, 1.82) is 0 Å². The third-order valence-corrected chi connectivity index (χ3v) is 4.33. The second kappa shape index (κ2) is 5.66. The minimum absolute atomic E-state index is 0.110. The normalized spacial score (nSPS) is 18.2. The third-order valence-electron chi connectivity index (χ3n) is 3.57. The lowest BCUT2D eigenvalue weighted by Gasteiger charge is -2.23. The van der Waals surface area contributed by atoms with E-state index in [2.05, 4.69) is 10.1 Å². The maximum atomic E-state index is 12.7. The van der Waals surface area contributed by atoms with Gasteiger partial charge in [-0.05, 0) is 25.8 Å². The first-order valence-corrected chi connectivity index (χ1v) is 7.37. The Morgan fingerprint density at radius 1 is 1.48 bits per heavy atom. The maximum absolute atomic E-state index is 12.7. The van der Waals surface area contributed by atoms with E-state index >= 15 is 0 Å². The van der Waals surface area contributed by atoms with Crippen LogP contribution in [0.5, 0.6) is 0 Å². The highest BCUT2D eigenvalue weighted by Gasteiger charge is 2.34. The lowest BCUT2D eigenvalue weighted by molar-refractivity contribution is 0.0714. The van der Waals surface area contributed by atoms with Gasteiger partial charge in [-0.3, -0.25) is 4.79 Å². The molecule has 0 aromatic carbocycles. The molecule has 0 unspecified atom stereocenters. The zero-order chi connectivity index (χ0) is 15.0. The van der Waals surface area contributed by atoms with E-state index in [0.717, 1.165) is 18.5 Å². The number of aryl methyl sites for hydroxylation is 1. The van der Waals surface area contributed by atoms with Crippen molar-refractivity contribution in [3.8, 4) is 0 Å². The van der Waals surface area contributed by atoms with Gasteiger partial charge in [-0.15, -0.1) is 0 Å². The van der Waals surface area contributed by atoms with Crippen LogP contribution in [0.3, 0.4) is 0 Å². The van der Waals surface area contributed by atoms with Crippen molar-refractivity contribution in [2.45, 2.75) is 25.8 Å². The highest BCUT2D eigenvalue weighted by atomic mass is 35.5. The summed E-state index contributed by atoms with van der Waals surface area (Å²) >= 11 is 12.0. The van der Waals surface area contributed by atoms with Crippen LogP contribution in [-0.2, 0) is 0 Å². The molecular weight excluding hydrogens is 313 g/mol. The van der Waals surface area contributed by atoms with E-state index in [1.807, 2.05) is 13.0 Å². The number of likely N-dealkylation sites (tertiary alicyclic amines) is 1. The molecule has 1 aliphatic rings. The van der Waals surface area contributed by atoms with Gasteiger partial charge < -0.3 is 9.42 Å². The van der Waals surface area contributed by atoms with E-state index in [4.69, 9.17) is 27.7 Å². The number of carbonyl (C=O) groups is 1. The molecule has 0 N–H and O–H groups in total. The van der Waals surface area contributed by atoms with Crippen LogP contribution in [0.15, 0.2) is 22.9 Å². The molecule has 1 aliphatic heterocycles. The molecule has 0 saturated carbocycles. The molecule has 0 spiro atoms. The molecule has 0 aliphatic carbocycles. The average Bonchev–Trinajstić information content (AvgIpc) is 3.09. The van der Waals surface area contributed by atoms with Crippen molar-refractivity contribution in [2.24, 2.45) is 0 Å². The number of pyridine rings is 1. The number of rotatable bonds is 2. The number of carbonyl (C=O) groups excluding carboxylic acids is 1. The Kier molecular flexibility index (Phi) is 3.87. The fourth-order valence-electron chi connectivity index (χ4n) is 2.58. The first kappa shape index (κ1) is 14.4. The van der Waals surface area contributed by atoms with E-state index in [9.17, 15) is 4.79 Å². The van der Waals surface area contributed by atoms with Gasteiger partial charge in [0.25, 0.3) is 5.91 Å². The molecule has 1 fully saturated rings. The van der Waals surface area contributed by atoms with Crippen LogP contribution >= 0.6 is 23.2 Å². The Hall–Kier alpha value is -1.59. The zero-order valence-corrected chi connectivity index (χ0v) is 12.9. The van der Waals surface area contributed by atoms with Gasteiger partial charge in [0.1, 0.15) is 5.15 Å². The summed E-state index contributed by atoms with van der Waals surface area (Å²) in [6.07, 6.45) is 3.23.